The van der Waals surface area contributed by atoms with Crippen molar-refractivity contribution in [2.75, 3.05) is 0 Å². The number of aromatic carboxylic acids is 1. The minimum atomic E-state index is -0.999. The molecule has 0 aliphatic rings. The number of carboxylic acid groups (broad SMARTS) is 1. The normalized spacial score (nSPS) is 11.6. The van der Waals surface area contributed by atoms with Gasteiger partial charge in [0.1, 0.15) is 0 Å². The third kappa shape index (κ3) is 3.59. The number of hydrogen-bond donors (Lipinski definition) is 2. The van der Waals surface area contributed by atoms with E-state index < -0.39 is 5.97 Å². The molecule has 0 bridgehead atoms. The Labute approximate surface area is 122 Å². The predicted molar refractivity (Wildman–Crippen MR) is 79.2 cm³/mol. The number of hydrogen-bond acceptors (Lipinski definition) is 3. The minimum Gasteiger partial charge on any atom is -0.478 e. The van der Waals surface area contributed by atoms with Crippen LogP contribution >= 0.6 is 0 Å². The lowest BCUT2D eigenvalue weighted by Gasteiger charge is -2.20. The zero-order chi connectivity index (χ0) is 15.6. The molecule has 0 fully saturated rings. The van der Waals surface area contributed by atoms with Gasteiger partial charge in [0.25, 0.3) is 0 Å². The Morgan fingerprint density at radius 3 is 2.67 bits per heavy atom. The number of benzene rings is 1. The van der Waals surface area contributed by atoms with Crippen molar-refractivity contribution < 1.29 is 14.7 Å². The largest absolute Gasteiger partial charge is 0.478 e. The first kappa shape index (κ1) is 15.0. The van der Waals surface area contributed by atoms with Crippen molar-refractivity contribution in [2.24, 2.45) is 0 Å². The van der Waals surface area contributed by atoms with Crippen LogP contribution in [0, 0.1) is 0 Å². The van der Waals surface area contributed by atoms with Crippen LogP contribution in [0.5, 0.6) is 0 Å². The molecule has 6 heteroatoms. The van der Waals surface area contributed by atoms with Crippen LogP contribution in [0.2, 0.25) is 0 Å². The highest BCUT2D eigenvalue weighted by atomic mass is 16.4. The molecule has 1 amide bonds. The minimum absolute atomic E-state index is 0.0721. The number of rotatable bonds is 4. The molecule has 1 heterocycles. The second-order valence-electron chi connectivity index (χ2n) is 5.96. The van der Waals surface area contributed by atoms with Gasteiger partial charge in [0.2, 0.25) is 5.91 Å². The van der Waals surface area contributed by atoms with E-state index in [2.05, 4.69) is 10.3 Å². The fourth-order valence-electron chi connectivity index (χ4n) is 2.17. The van der Waals surface area contributed by atoms with Gasteiger partial charge in [0, 0.05) is 18.5 Å². The maximum atomic E-state index is 11.8. The molecule has 1 aromatic carbocycles. The van der Waals surface area contributed by atoms with E-state index in [1.54, 1.807) is 23.0 Å². The van der Waals surface area contributed by atoms with Crippen LogP contribution in [-0.2, 0) is 11.3 Å². The van der Waals surface area contributed by atoms with Crippen LogP contribution in [-0.4, -0.2) is 32.1 Å². The summed E-state index contributed by atoms with van der Waals surface area (Å²) in [5, 5.41) is 12.1. The molecular formula is C15H19N3O3. The fraction of sp³-hybridized carbons (Fsp3) is 0.400. The molecule has 0 aliphatic carbocycles. The zero-order valence-electron chi connectivity index (χ0n) is 12.4. The highest BCUT2D eigenvalue weighted by Gasteiger charge is 2.16. The number of fused-ring (bicyclic) bond motifs is 1. The van der Waals surface area contributed by atoms with E-state index in [-0.39, 0.29) is 23.4 Å². The van der Waals surface area contributed by atoms with Gasteiger partial charge in [-0.05, 0) is 32.9 Å². The van der Waals surface area contributed by atoms with Crippen LogP contribution in [0.3, 0.4) is 0 Å². The number of carbonyl (C=O) groups is 2. The number of amides is 1. The molecule has 2 N–H and O–H groups in total. The van der Waals surface area contributed by atoms with Crippen molar-refractivity contribution in [3.8, 4) is 0 Å². The summed E-state index contributed by atoms with van der Waals surface area (Å²) in [6, 6.07) is 4.96. The number of aryl methyl sites for hydroxylation is 1. The van der Waals surface area contributed by atoms with E-state index in [9.17, 15) is 14.7 Å². The summed E-state index contributed by atoms with van der Waals surface area (Å²) in [5.74, 6) is -1.07. The van der Waals surface area contributed by atoms with Crippen LogP contribution < -0.4 is 5.32 Å². The lowest BCUT2D eigenvalue weighted by molar-refractivity contribution is -0.122. The fourth-order valence-corrected chi connectivity index (χ4v) is 2.17. The van der Waals surface area contributed by atoms with Crippen LogP contribution in [0.25, 0.3) is 11.0 Å². The van der Waals surface area contributed by atoms with Gasteiger partial charge in [-0.2, -0.15) is 0 Å². The number of carboxylic acids is 1. The summed E-state index contributed by atoms with van der Waals surface area (Å²) in [7, 11) is 0. The highest BCUT2D eigenvalue weighted by Crippen LogP contribution is 2.18. The van der Waals surface area contributed by atoms with Crippen molar-refractivity contribution in [3.63, 3.8) is 0 Å². The Kier molecular flexibility index (Phi) is 3.97. The number of nitrogens with zero attached hydrogens (tertiary/aromatic N) is 2. The first-order valence-electron chi connectivity index (χ1n) is 6.76. The van der Waals surface area contributed by atoms with E-state index in [0.717, 1.165) is 0 Å². The van der Waals surface area contributed by atoms with Gasteiger partial charge >= 0.3 is 5.97 Å². The molecule has 0 saturated heterocycles. The van der Waals surface area contributed by atoms with Crippen LogP contribution in [0.4, 0.5) is 0 Å². The maximum Gasteiger partial charge on any atom is 0.337 e. The standard InChI is InChI=1S/C15H19N3O3/c1-15(2,3)17-12(19)7-8-18-9-16-11-6-4-5-10(13(11)18)14(20)21/h4-6,9H,7-8H2,1-3H3,(H,17,19)(H,20,21). The summed E-state index contributed by atoms with van der Waals surface area (Å²) < 4.78 is 1.71. The maximum absolute atomic E-state index is 11.8. The molecule has 0 aliphatic heterocycles. The van der Waals surface area contributed by atoms with Crippen molar-refractivity contribution in [1.82, 2.24) is 14.9 Å². The second-order valence-corrected chi connectivity index (χ2v) is 5.96. The summed E-state index contributed by atoms with van der Waals surface area (Å²) in [4.78, 5) is 27.3. The van der Waals surface area contributed by atoms with Gasteiger partial charge in [0.05, 0.1) is 22.9 Å². The molecule has 1 aromatic heterocycles. The van der Waals surface area contributed by atoms with Gasteiger partial charge < -0.3 is 15.0 Å². The third-order valence-corrected chi connectivity index (χ3v) is 2.96. The molecular weight excluding hydrogens is 270 g/mol. The van der Waals surface area contributed by atoms with Crippen LogP contribution in [0.15, 0.2) is 24.5 Å². The van der Waals surface area contributed by atoms with Crippen molar-refractivity contribution in [3.05, 3.63) is 30.1 Å². The second kappa shape index (κ2) is 5.55. The molecule has 112 valence electrons. The number of para-hydroxylation sites is 1. The molecule has 6 nitrogen and oxygen atoms in total. The Morgan fingerprint density at radius 1 is 1.33 bits per heavy atom. The molecule has 0 radical (unpaired) electrons. The topological polar surface area (TPSA) is 84.2 Å². The van der Waals surface area contributed by atoms with E-state index in [4.69, 9.17) is 0 Å². The summed E-state index contributed by atoms with van der Waals surface area (Å²) in [6.07, 6.45) is 1.85. The average Bonchev–Trinajstić information content (AvgIpc) is 2.77. The molecule has 21 heavy (non-hydrogen) atoms. The first-order chi connectivity index (χ1) is 9.78. The Balaban J connectivity index is 2.20. The molecule has 0 unspecified atom stereocenters. The third-order valence-electron chi connectivity index (χ3n) is 2.96. The monoisotopic (exact) mass is 289 g/mol. The van der Waals surface area contributed by atoms with Gasteiger partial charge in [0.15, 0.2) is 0 Å². The summed E-state index contributed by atoms with van der Waals surface area (Å²) >= 11 is 0. The molecule has 2 rings (SSSR count). The lowest BCUT2D eigenvalue weighted by atomic mass is 10.1. The SMILES string of the molecule is CC(C)(C)NC(=O)CCn1cnc2cccc(C(=O)O)c21. The Morgan fingerprint density at radius 2 is 2.05 bits per heavy atom. The van der Waals surface area contributed by atoms with E-state index >= 15 is 0 Å². The Bertz CT molecular complexity index is 683. The van der Waals surface area contributed by atoms with Crippen LogP contribution in [0.1, 0.15) is 37.6 Å². The van der Waals surface area contributed by atoms with Gasteiger partial charge in [-0.3, -0.25) is 4.79 Å². The molecule has 0 saturated carbocycles. The number of aromatic nitrogens is 2. The predicted octanol–water partition coefficient (Wildman–Crippen LogP) is 2.04. The van der Waals surface area contributed by atoms with E-state index in [1.165, 1.54) is 6.07 Å². The van der Waals surface area contributed by atoms with Gasteiger partial charge in [-0.15, -0.1) is 0 Å². The lowest BCUT2D eigenvalue weighted by Crippen LogP contribution is -2.40. The summed E-state index contributed by atoms with van der Waals surface area (Å²) in [6.45, 7) is 6.14. The quantitative estimate of drug-likeness (QED) is 0.902. The average molecular weight is 289 g/mol. The van der Waals surface area contributed by atoms with Gasteiger partial charge in [-0.25, -0.2) is 9.78 Å². The van der Waals surface area contributed by atoms with Crippen molar-refractivity contribution in [1.29, 1.82) is 0 Å². The molecule has 2 aromatic rings. The molecule has 0 atom stereocenters. The van der Waals surface area contributed by atoms with E-state index in [1.807, 2.05) is 20.8 Å². The number of carbonyl (C=O) groups excluding carboxylic acids is 1. The van der Waals surface area contributed by atoms with Crippen molar-refractivity contribution >= 4 is 22.9 Å². The zero-order valence-corrected chi connectivity index (χ0v) is 12.4. The molecule has 0 spiro atoms. The smallest absolute Gasteiger partial charge is 0.337 e. The first-order valence-corrected chi connectivity index (χ1v) is 6.76. The highest BCUT2D eigenvalue weighted by molar-refractivity contribution is 6.01. The number of imidazole rings is 1. The van der Waals surface area contributed by atoms with E-state index in [0.29, 0.717) is 17.6 Å². The number of nitrogens with one attached hydrogen (secondary N) is 1. The van der Waals surface area contributed by atoms with Gasteiger partial charge in [-0.1, -0.05) is 6.07 Å². The van der Waals surface area contributed by atoms with Crippen molar-refractivity contribution in [2.45, 2.75) is 39.3 Å². The Hall–Kier alpha value is -2.37. The summed E-state index contributed by atoms with van der Waals surface area (Å²) in [5.41, 5.74) is 1.08.